The molecule has 3 rings (SSSR count). The van der Waals surface area contributed by atoms with Gasteiger partial charge >= 0.3 is 0 Å². The standard InChI is InChI=1S/C21H23N3O2S/c1-16-5-4-6-21(15-16)27(25,26)23-19-9-7-17(8-10-19)22-18-11-13-20(14-12-18)24(2)3/h4-15,22-23H,1-3H3. The second kappa shape index (κ2) is 7.72. The lowest BCUT2D eigenvalue weighted by Gasteiger charge is -2.14. The molecule has 0 unspecified atom stereocenters. The lowest BCUT2D eigenvalue weighted by molar-refractivity contribution is 0.601. The molecule has 0 aliphatic heterocycles. The van der Waals surface area contributed by atoms with E-state index in [1.54, 1.807) is 30.3 Å². The molecule has 140 valence electrons. The summed E-state index contributed by atoms with van der Waals surface area (Å²) < 4.78 is 27.6. The molecule has 0 bridgehead atoms. The van der Waals surface area contributed by atoms with Crippen LogP contribution >= 0.6 is 0 Å². The summed E-state index contributed by atoms with van der Waals surface area (Å²) in [5.74, 6) is 0. The van der Waals surface area contributed by atoms with Crippen LogP contribution in [-0.2, 0) is 10.0 Å². The molecule has 0 aromatic heterocycles. The van der Waals surface area contributed by atoms with Gasteiger partial charge in [-0.3, -0.25) is 4.72 Å². The van der Waals surface area contributed by atoms with Crippen molar-refractivity contribution in [3.05, 3.63) is 78.4 Å². The van der Waals surface area contributed by atoms with Gasteiger partial charge in [-0.25, -0.2) is 8.42 Å². The van der Waals surface area contributed by atoms with Crippen LogP contribution in [0.15, 0.2) is 77.7 Å². The minimum absolute atomic E-state index is 0.255. The molecule has 2 N–H and O–H groups in total. The number of nitrogens with zero attached hydrogens (tertiary/aromatic N) is 1. The first-order valence-corrected chi connectivity index (χ1v) is 10.1. The van der Waals surface area contributed by atoms with Crippen LogP contribution in [0.4, 0.5) is 22.7 Å². The summed E-state index contributed by atoms with van der Waals surface area (Å²) in [7, 11) is 0.402. The molecule has 0 atom stereocenters. The zero-order valence-electron chi connectivity index (χ0n) is 15.6. The Kier molecular flexibility index (Phi) is 5.37. The van der Waals surface area contributed by atoms with Gasteiger partial charge in [0.05, 0.1) is 4.90 Å². The van der Waals surface area contributed by atoms with Crippen LogP contribution in [0.5, 0.6) is 0 Å². The molecule has 0 fully saturated rings. The summed E-state index contributed by atoms with van der Waals surface area (Å²) >= 11 is 0. The zero-order valence-corrected chi connectivity index (χ0v) is 16.4. The quantitative estimate of drug-likeness (QED) is 0.655. The average Bonchev–Trinajstić information content (AvgIpc) is 2.63. The van der Waals surface area contributed by atoms with Gasteiger partial charge in [0, 0.05) is 36.8 Å². The molecule has 0 aliphatic carbocycles. The highest BCUT2D eigenvalue weighted by atomic mass is 32.2. The molecule has 6 heteroatoms. The number of rotatable bonds is 6. The number of nitrogens with one attached hydrogen (secondary N) is 2. The molecule has 5 nitrogen and oxygen atoms in total. The lowest BCUT2D eigenvalue weighted by Crippen LogP contribution is -2.13. The molecular weight excluding hydrogens is 358 g/mol. The molecular formula is C21H23N3O2S. The Morgan fingerprint density at radius 3 is 1.89 bits per heavy atom. The molecule has 3 aromatic carbocycles. The van der Waals surface area contributed by atoms with E-state index in [9.17, 15) is 8.42 Å². The summed E-state index contributed by atoms with van der Waals surface area (Å²) in [5.41, 5.74) is 4.39. The maximum absolute atomic E-state index is 12.5. The van der Waals surface area contributed by atoms with Crippen molar-refractivity contribution in [3.8, 4) is 0 Å². The third kappa shape index (κ3) is 4.80. The second-order valence-electron chi connectivity index (χ2n) is 6.57. The summed E-state index contributed by atoms with van der Waals surface area (Å²) in [6.07, 6.45) is 0. The van der Waals surface area contributed by atoms with Crippen LogP contribution in [-0.4, -0.2) is 22.5 Å². The SMILES string of the molecule is Cc1cccc(S(=O)(=O)Nc2ccc(Nc3ccc(N(C)C)cc3)cc2)c1. The summed E-state index contributed by atoms with van der Waals surface area (Å²) in [6.45, 7) is 1.87. The smallest absolute Gasteiger partial charge is 0.261 e. The van der Waals surface area contributed by atoms with E-state index in [0.717, 1.165) is 22.6 Å². The Morgan fingerprint density at radius 1 is 0.778 bits per heavy atom. The van der Waals surface area contributed by atoms with Crippen molar-refractivity contribution >= 4 is 32.8 Å². The number of hydrogen-bond acceptors (Lipinski definition) is 4. The van der Waals surface area contributed by atoms with Gasteiger partial charge in [-0.15, -0.1) is 0 Å². The first kappa shape index (κ1) is 18.8. The van der Waals surface area contributed by atoms with Gasteiger partial charge in [-0.1, -0.05) is 12.1 Å². The highest BCUT2D eigenvalue weighted by molar-refractivity contribution is 7.92. The minimum Gasteiger partial charge on any atom is -0.378 e. The Morgan fingerprint density at radius 2 is 1.33 bits per heavy atom. The maximum atomic E-state index is 12.5. The van der Waals surface area contributed by atoms with E-state index in [-0.39, 0.29) is 4.90 Å². The molecule has 0 saturated carbocycles. The van der Waals surface area contributed by atoms with Crippen LogP contribution in [0.25, 0.3) is 0 Å². The molecule has 27 heavy (non-hydrogen) atoms. The van der Waals surface area contributed by atoms with E-state index in [1.165, 1.54) is 0 Å². The number of anilines is 4. The molecule has 0 saturated heterocycles. The van der Waals surface area contributed by atoms with E-state index < -0.39 is 10.0 Å². The highest BCUT2D eigenvalue weighted by Crippen LogP contribution is 2.23. The Balaban J connectivity index is 1.70. The highest BCUT2D eigenvalue weighted by Gasteiger charge is 2.14. The van der Waals surface area contributed by atoms with Gasteiger partial charge < -0.3 is 10.2 Å². The van der Waals surface area contributed by atoms with Gasteiger partial charge in [-0.05, 0) is 73.2 Å². The monoisotopic (exact) mass is 381 g/mol. The largest absolute Gasteiger partial charge is 0.378 e. The molecule has 0 aliphatic rings. The van der Waals surface area contributed by atoms with E-state index in [2.05, 4.69) is 10.0 Å². The first-order chi connectivity index (χ1) is 12.8. The second-order valence-corrected chi connectivity index (χ2v) is 8.25. The first-order valence-electron chi connectivity index (χ1n) is 8.57. The molecule has 0 radical (unpaired) electrons. The lowest BCUT2D eigenvalue weighted by atomic mass is 10.2. The molecule has 0 heterocycles. The van der Waals surface area contributed by atoms with Gasteiger partial charge in [0.1, 0.15) is 0 Å². The Labute approximate surface area is 160 Å². The number of sulfonamides is 1. The summed E-state index contributed by atoms with van der Waals surface area (Å²) in [6, 6.07) is 22.1. The maximum Gasteiger partial charge on any atom is 0.261 e. The van der Waals surface area contributed by atoms with Crippen LogP contribution in [0.2, 0.25) is 0 Å². The average molecular weight is 382 g/mol. The van der Waals surface area contributed by atoms with Crippen molar-refractivity contribution in [2.45, 2.75) is 11.8 Å². The van der Waals surface area contributed by atoms with Crippen molar-refractivity contribution in [1.29, 1.82) is 0 Å². The van der Waals surface area contributed by atoms with Crippen LogP contribution < -0.4 is 14.9 Å². The molecule has 0 spiro atoms. The van der Waals surface area contributed by atoms with E-state index in [4.69, 9.17) is 0 Å². The van der Waals surface area contributed by atoms with Gasteiger partial charge in [-0.2, -0.15) is 0 Å². The topological polar surface area (TPSA) is 61.4 Å². The van der Waals surface area contributed by atoms with Crippen molar-refractivity contribution in [2.75, 3.05) is 29.0 Å². The van der Waals surface area contributed by atoms with Crippen LogP contribution in [0, 0.1) is 6.92 Å². The van der Waals surface area contributed by atoms with Crippen LogP contribution in [0.3, 0.4) is 0 Å². The van der Waals surface area contributed by atoms with E-state index in [0.29, 0.717) is 5.69 Å². The van der Waals surface area contributed by atoms with Crippen molar-refractivity contribution in [3.63, 3.8) is 0 Å². The van der Waals surface area contributed by atoms with Gasteiger partial charge in [0.25, 0.3) is 10.0 Å². The fourth-order valence-corrected chi connectivity index (χ4v) is 3.79. The molecule has 0 amide bonds. The number of aryl methyl sites for hydroxylation is 1. The number of hydrogen-bond donors (Lipinski definition) is 2. The Hall–Kier alpha value is -2.99. The van der Waals surface area contributed by atoms with Crippen molar-refractivity contribution in [1.82, 2.24) is 0 Å². The fourth-order valence-electron chi connectivity index (χ4n) is 2.63. The Bertz CT molecular complexity index is 1010. The van der Waals surface area contributed by atoms with Gasteiger partial charge in [0.2, 0.25) is 0 Å². The minimum atomic E-state index is -3.60. The van der Waals surface area contributed by atoms with Gasteiger partial charge in [0.15, 0.2) is 0 Å². The van der Waals surface area contributed by atoms with E-state index in [1.807, 2.05) is 68.4 Å². The predicted molar refractivity (Wildman–Crippen MR) is 112 cm³/mol. The molecule has 3 aromatic rings. The van der Waals surface area contributed by atoms with Crippen molar-refractivity contribution < 1.29 is 8.42 Å². The normalized spacial score (nSPS) is 11.1. The third-order valence-electron chi connectivity index (χ3n) is 4.11. The zero-order chi connectivity index (χ0) is 19.4. The van der Waals surface area contributed by atoms with Crippen LogP contribution in [0.1, 0.15) is 5.56 Å². The fraction of sp³-hybridized carbons (Fsp3) is 0.143. The third-order valence-corrected chi connectivity index (χ3v) is 5.49. The van der Waals surface area contributed by atoms with Crippen molar-refractivity contribution in [2.24, 2.45) is 0 Å². The predicted octanol–water partition coefficient (Wildman–Crippen LogP) is 4.61. The van der Waals surface area contributed by atoms with E-state index >= 15 is 0 Å². The number of benzene rings is 3. The summed E-state index contributed by atoms with van der Waals surface area (Å²) in [4.78, 5) is 2.30. The summed E-state index contributed by atoms with van der Waals surface area (Å²) in [5, 5.41) is 3.30.